The number of unbranched alkanes of at least 4 members (excludes halogenated alkanes) is 35. The second kappa shape index (κ2) is 63.9. The molecule has 3 aliphatic rings. The molecule has 3 aliphatic heterocycles. The normalized spacial score (nSPS) is 26.5. The van der Waals surface area contributed by atoms with Crippen LogP contribution in [0.1, 0.15) is 309 Å². The van der Waals surface area contributed by atoms with E-state index in [1.807, 2.05) is 0 Å². The Labute approximate surface area is 622 Å². The highest BCUT2D eigenvalue weighted by Crippen LogP contribution is 2.33. The van der Waals surface area contributed by atoms with Crippen molar-refractivity contribution < 1.29 is 89.4 Å². The number of amides is 1. The molecule has 0 bridgehead atoms. The first-order chi connectivity index (χ1) is 50.3. The van der Waals surface area contributed by atoms with Crippen LogP contribution in [0.5, 0.6) is 0 Å². The van der Waals surface area contributed by atoms with Gasteiger partial charge >= 0.3 is 0 Å². The average molecular weight is 1460 g/mol. The summed E-state index contributed by atoms with van der Waals surface area (Å²) in [6.45, 7) is 1.72. The van der Waals surface area contributed by atoms with Gasteiger partial charge in [-0.3, -0.25) is 4.79 Å². The minimum absolute atomic E-state index is 0.245. The lowest BCUT2D eigenvalue weighted by Crippen LogP contribution is -2.66. The molecule has 1 amide bonds. The summed E-state index contributed by atoms with van der Waals surface area (Å²) in [4.78, 5) is 13.5. The number of aliphatic hydroxyl groups is 11. The van der Waals surface area contributed by atoms with Crippen LogP contribution in [0.2, 0.25) is 0 Å². The average Bonchev–Trinajstić information content (AvgIpc) is 0.781. The molecule has 0 aromatic carbocycles. The number of hydrogen-bond donors (Lipinski definition) is 12. The van der Waals surface area contributed by atoms with E-state index in [9.17, 15) is 61.0 Å². The molecule has 0 aromatic rings. The number of aliphatic hydroxyl groups excluding tert-OH is 11. The van der Waals surface area contributed by atoms with Gasteiger partial charge in [0, 0.05) is 6.42 Å². The first-order valence-corrected chi connectivity index (χ1v) is 41.3. The van der Waals surface area contributed by atoms with Gasteiger partial charge in [-0.2, -0.15) is 0 Å². The first kappa shape index (κ1) is 94.2. The number of hydrogen-bond acceptors (Lipinski definition) is 18. The van der Waals surface area contributed by atoms with E-state index >= 15 is 0 Å². The molecule has 3 fully saturated rings. The largest absolute Gasteiger partial charge is 0.394 e. The van der Waals surface area contributed by atoms with Crippen LogP contribution in [-0.4, -0.2) is 193 Å². The fourth-order valence-corrected chi connectivity index (χ4v) is 13.7. The smallest absolute Gasteiger partial charge is 0.220 e. The minimum Gasteiger partial charge on any atom is -0.394 e. The lowest BCUT2D eigenvalue weighted by molar-refractivity contribution is -0.379. The summed E-state index contributed by atoms with van der Waals surface area (Å²) in [6, 6.07) is -0.896. The summed E-state index contributed by atoms with van der Waals surface area (Å²) in [7, 11) is 0. The molecule has 0 saturated carbocycles. The van der Waals surface area contributed by atoms with Gasteiger partial charge in [0.25, 0.3) is 0 Å². The van der Waals surface area contributed by atoms with E-state index in [4.69, 9.17) is 28.4 Å². The van der Waals surface area contributed by atoms with Crippen molar-refractivity contribution in [2.24, 2.45) is 0 Å². The van der Waals surface area contributed by atoms with Crippen molar-refractivity contribution in [1.29, 1.82) is 0 Å². The van der Waals surface area contributed by atoms with Crippen molar-refractivity contribution in [3.8, 4) is 0 Å². The fraction of sp³-hybridized carbons (Fsp3) is 0.821. The standard InChI is InChI=1S/C84H149NO18/c1-3-5-7-9-11-13-15-17-19-21-23-25-27-29-30-31-32-33-34-35-36-38-40-42-44-46-48-50-52-54-56-58-60-62-72(90)85-67(68(89)61-59-57-55-53-51-49-47-45-43-41-39-37-28-26-24-22-20-18-16-14-12-10-8-6-4-2)66-98-82-78(96)75(93)80(70(64-87)100-82)103-84-79(97)76(94)81(71(65-88)101-84)102-83-77(95)74(92)73(91)69(63-86)99-83/h5,7,11,13,17,19,23,25,29-30,32-33,35-36,67-71,73-84,86-89,91-97H,3-4,6,8-10,12,14-16,18,20-22,24,26-28,31,34,37-66H2,1-2H3,(H,85,90)/b7-5-,13-11-,19-17-,25-23-,30-29-,33-32-,36-35-. The van der Waals surface area contributed by atoms with E-state index in [0.29, 0.717) is 12.8 Å². The van der Waals surface area contributed by atoms with E-state index in [2.05, 4.69) is 104 Å². The first-order valence-electron chi connectivity index (χ1n) is 41.3. The Kier molecular flexibility index (Phi) is 58.4. The Morgan fingerprint density at radius 3 is 1.05 bits per heavy atom. The zero-order valence-corrected chi connectivity index (χ0v) is 64.0. The van der Waals surface area contributed by atoms with Gasteiger partial charge in [-0.1, -0.05) is 317 Å². The second-order valence-corrected chi connectivity index (χ2v) is 29.2. The summed E-state index contributed by atoms with van der Waals surface area (Å²) in [5, 5.41) is 121. The lowest BCUT2D eigenvalue weighted by atomic mass is 9.96. The van der Waals surface area contributed by atoms with Crippen LogP contribution < -0.4 is 5.32 Å². The molecule has 19 heteroatoms. The summed E-state index contributed by atoms with van der Waals surface area (Å²) >= 11 is 0. The number of nitrogens with one attached hydrogen (secondary N) is 1. The van der Waals surface area contributed by atoms with Crippen molar-refractivity contribution in [2.75, 3.05) is 26.4 Å². The Bertz CT molecular complexity index is 2190. The monoisotopic (exact) mass is 1460 g/mol. The molecule has 3 saturated heterocycles. The maximum absolute atomic E-state index is 13.5. The Balaban J connectivity index is 1.36. The maximum Gasteiger partial charge on any atom is 0.220 e. The van der Waals surface area contributed by atoms with E-state index in [1.165, 1.54) is 180 Å². The minimum atomic E-state index is -1.98. The van der Waals surface area contributed by atoms with Crippen molar-refractivity contribution in [3.05, 3.63) is 85.1 Å². The van der Waals surface area contributed by atoms with Crippen molar-refractivity contribution in [3.63, 3.8) is 0 Å². The predicted octanol–water partition coefficient (Wildman–Crippen LogP) is 14.2. The molecule has 0 spiro atoms. The Morgan fingerprint density at radius 1 is 0.359 bits per heavy atom. The van der Waals surface area contributed by atoms with Crippen LogP contribution in [0, 0.1) is 0 Å². The van der Waals surface area contributed by atoms with E-state index < -0.39 is 124 Å². The third-order valence-electron chi connectivity index (χ3n) is 20.2. The van der Waals surface area contributed by atoms with Gasteiger partial charge in [-0.05, 0) is 70.6 Å². The predicted molar refractivity (Wildman–Crippen MR) is 411 cm³/mol. The number of allylic oxidation sites excluding steroid dienone is 14. The summed E-state index contributed by atoms with van der Waals surface area (Å²) < 4.78 is 34.5. The highest BCUT2D eigenvalue weighted by molar-refractivity contribution is 5.76. The van der Waals surface area contributed by atoms with Crippen molar-refractivity contribution in [2.45, 2.75) is 413 Å². The van der Waals surface area contributed by atoms with Crippen LogP contribution in [0.15, 0.2) is 85.1 Å². The number of ether oxygens (including phenoxy) is 6. The summed E-state index contributed by atoms with van der Waals surface area (Å²) in [5.41, 5.74) is 0. The number of carbonyl (C=O) groups is 1. The van der Waals surface area contributed by atoms with Crippen molar-refractivity contribution in [1.82, 2.24) is 5.32 Å². The van der Waals surface area contributed by atoms with Gasteiger partial charge in [0.05, 0.1) is 38.6 Å². The molecule has 3 rings (SSSR count). The Morgan fingerprint density at radius 2 is 0.670 bits per heavy atom. The highest BCUT2D eigenvalue weighted by atomic mass is 16.8. The third-order valence-corrected chi connectivity index (χ3v) is 20.2. The zero-order valence-electron chi connectivity index (χ0n) is 64.0. The molecule has 0 aliphatic carbocycles. The molecular formula is C84H149NO18. The van der Waals surface area contributed by atoms with Gasteiger partial charge in [-0.15, -0.1) is 0 Å². The van der Waals surface area contributed by atoms with Gasteiger partial charge in [0.1, 0.15) is 73.2 Å². The quantitative estimate of drug-likeness (QED) is 0.0199. The molecule has 17 atom stereocenters. The molecule has 598 valence electrons. The van der Waals surface area contributed by atoms with Crippen LogP contribution in [0.4, 0.5) is 0 Å². The second-order valence-electron chi connectivity index (χ2n) is 29.2. The fourth-order valence-electron chi connectivity index (χ4n) is 13.7. The number of carbonyl (C=O) groups excluding carboxylic acids is 1. The lowest BCUT2D eigenvalue weighted by Gasteiger charge is -2.48. The maximum atomic E-state index is 13.5. The summed E-state index contributed by atoms with van der Waals surface area (Å²) in [6.07, 6.45) is 58.0. The molecule has 19 nitrogen and oxygen atoms in total. The highest BCUT2D eigenvalue weighted by Gasteiger charge is 2.54. The number of rotatable bonds is 65. The van der Waals surface area contributed by atoms with Crippen LogP contribution >= 0.6 is 0 Å². The van der Waals surface area contributed by atoms with Gasteiger partial charge in [0.15, 0.2) is 18.9 Å². The third kappa shape index (κ3) is 43.7. The molecular weight excluding hydrogens is 1310 g/mol. The molecule has 17 unspecified atom stereocenters. The van der Waals surface area contributed by atoms with E-state index in [-0.39, 0.29) is 18.9 Å². The van der Waals surface area contributed by atoms with E-state index in [0.717, 1.165) is 96.3 Å². The molecule has 103 heavy (non-hydrogen) atoms. The molecule has 0 aromatic heterocycles. The SMILES string of the molecule is CC/C=C\C/C=C\C/C=C\C/C=C\C/C=C\C/C=C\C/C=C\CCCCCCCCCCCCCC(=O)NC(COC1OC(CO)C(OC2OC(CO)C(OC3OC(CO)C(O)C(O)C3O)C(O)C2O)C(O)C1O)C(O)CCCCCCCCCCCCCCCCCCCCCCCCCCC. The summed E-state index contributed by atoms with van der Waals surface area (Å²) in [5.74, 6) is -0.245. The van der Waals surface area contributed by atoms with Gasteiger partial charge in [-0.25, -0.2) is 0 Å². The van der Waals surface area contributed by atoms with E-state index in [1.54, 1.807) is 0 Å². The molecule has 3 heterocycles. The molecule has 12 N–H and O–H groups in total. The van der Waals surface area contributed by atoms with Crippen molar-refractivity contribution >= 4 is 5.91 Å². The van der Waals surface area contributed by atoms with Crippen LogP contribution in [-0.2, 0) is 33.2 Å². The van der Waals surface area contributed by atoms with Crippen LogP contribution in [0.25, 0.3) is 0 Å². The topological polar surface area (TPSA) is 307 Å². The van der Waals surface area contributed by atoms with Gasteiger partial charge in [0.2, 0.25) is 5.91 Å². The molecule has 0 radical (unpaired) electrons. The van der Waals surface area contributed by atoms with Gasteiger partial charge < -0.3 is 89.9 Å². The zero-order chi connectivity index (χ0) is 74.6. The van der Waals surface area contributed by atoms with Crippen LogP contribution in [0.3, 0.4) is 0 Å². The Hall–Kier alpha value is -3.03.